The summed E-state index contributed by atoms with van der Waals surface area (Å²) in [5, 5.41) is 12.2. The minimum absolute atomic E-state index is 0.101. The van der Waals surface area contributed by atoms with Crippen molar-refractivity contribution in [2.75, 3.05) is 39.4 Å². The molecule has 4 heterocycles. The number of nitrogens with zero attached hydrogens (tertiary/aromatic N) is 4. The topological polar surface area (TPSA) is 105 Å². The Morgan fingerprint density at radius 3 is 2.71 bits per heavy atom. The number of aromatic nitrogens is 3. The Hall–Kier alpha value is -3.04. The molecular weight excluding hydrogens is 444 g/mol. The van der Waals surface area contributed by atoms with Crippen LogP contribution in [0.15, 0.2) is 29.2 Å². The molecule has 4 rings (SSSR count). The number of morpholine rings is 1. The van der Waals surface area contributed by atoms with Crippen LogP contribution in [0.3, 0.4) is 0 Å². The lowest BCUT2D eigenvalue weighted by molar-refractivity contribution is 0.0374. The smallest absolute Gasteiger partial charge is 0.267 e. The van der Waals surface area contributed by atoms with Crippen LogP contribution in [-0.2, 0) is 11.3 Å². The minimum Gasteiger partial charge on any atom is -0.379 e. The van der Waals surface area contributed by atoms with Crippen LogP contribution in [0.1, 0.15) is 54.9 Å². The number of nitrogens with one attached hydrogen (secondary N) is 2. The van der Waals surface area contributed by atoms with Crippen molar-refractivity contribution in [1.29, 1.82) is 5.41 Å². The molecule has 9 nitrogen and oxygen atoms in total. The molecule has 0 unspecified atom stereocenters. The van der Waals surface area contributed by atoms with Crippen LogP contribution in [0.4, 0.5) is 0 Å². The van der Waals surface area contributed by atoms with Crippen molar-refractivity contribution in [3.05, 3.63) is 51.4 Å². The highest BCUT2D eigenvalue weighted by Crippen LogP contribution is 2.14. The third-order valence-corrected chi connectivity index (χ3v) is 6.65. The van der Waals surface area contributed by atoms with Crippen molar-refractivity contribution in [2.45, 2.75) is 52.5 Å². The Morgan fingerprint density at radius 1 is 1.14 bits per heavy atom. The lowest BCUT2D eigenvalue weighted by Crippen LogP contribution is -2.39. The summed E-state index contributed by atoms with van der Waals surface area (Å²) in [4.78, 5) is 33.6. The van der Waals surface area contributed by atoms with E-state index in [0.717, 1.165) is 70.5 Å². The van der Waals surface area contributed by atoms with Gasteiger partial charge in [0.15, 0.2) is 0 Å². The van der Waals surface area contributed by atoms with Crippen molar-refractivity contribution in [1.82, 2.24) is 24.2 Å². The number of hydrogen-bond donors (Lipinski definition) is 2. The second kappa shape index (κ2) is 11.6. The quantitative estimate of drug-likeness (QED) is 0.343. The maximum atomic E-state index is 13.4. The van der Waals surface area contributed by atoms with E-state index in [-0.39, 0.29) is 22.5 Å². The third kappa shape index (κ3) is 5.62. The lowest BCUT2D eigenvalue weighted by atomic mass is 10.1. The van der Waals surface area contributed by atoms with Gasteiger partial charge < -0.3 is 14.6 Å². The van der Waals surface area contributed by atoms with Gasteiger partial charge in [-0.1, -0.05) is 32.3 Å². The Labute approximate surface area is 205 Å². The van der Waals surface area contributed by atoms with Gasteiger partial charge in [-0.25, -0.2) is 4.98 Å². The standard InChI is InChI=1S/C26H36N6O3/c1-3-4-5-6-12-31-22(27)20(25(33)28-10-8-11-30-14-16-35-17-15-30)18-21-24(31)29-23-19(2)9-7-13-32(23)26(21)34/h7,9,13,18,27H,3-6,8,10-12,14-17H2,1-2H3,(H,28,33). The van der Waals surface area contributed by atoms with Crippen molar-refractivity contribution in [3.8, 4) is 0 Å². The van der Waals surface area contributed by atoms with Gasteiger partial charge in [-0.2, -0.15) is 0 Å². The molecule has 9 heteroatoms. The van der Waals surface area contributed by atoms with E-state index in [9.17, 15) is 9.59 Å². The number of hydrogen-bond acceptors (Lipinski definition) is 6. The van der Waals surface area contributed by atoms with E-state index in [1.807, 2.05) is 19.1 Å². The van der Waals surface area contributed by atoms with Crippen LogP contribution in [0.2, 0.25) is 0 Å². The first kappa shape index (κ1) is 25.1. The zero-order valence-corrected chi connectivity index (χ0v) is 20.8. The normalized spacial score (nSPS) is 14.6. The van der Waals surface area contributed by atoms with E-state index in [1.54, 1.807) is 16.8 Å². The van der Waals surface area contributed by atoms with Crippen LogP contribution in [0.25, 0.3) is 16.7 Å². The van der Waals surface area contributed by atoms with Gasteiger partial charge >= 0.3 is 0 Å². The van der Waals surface area contributed by atoms with E-state index in [2.05, 4.69) is 17.1 Å². The van der Waals surface area contributed by atoms with Gasteiger partial charge in [0.25, 0.3) is 11.5 Å². The summed E-state index contributed by atoms with van der Waals surface area (Å²) < 4.78 is 8.64. The largest absolute Gasteiger partial charge is 0.379 e. The highest BCUT2D eigenvalue weighted by molar-refractivity contribution is 5.96. The van der Waals surface area contributed by atoms with Gasteiger partial charge in [-0.15, -0.1) is 0 Å². The molecule has 0 spiro atoms. The maximum Gasteiger partial charge on any atom is 0.267 e. The highest BCUT2D eigenvalue weighted by atomic mass is 16.5. The fourth-order valence-corrected chi connectivity index (χ4v) is 4.61. The summed E-state index contributed by atoms with van der Waals surface area (Å²) in [6, 6.07) is 5.28. The molecule has 3 aromatic heterocycles. The fourth-order valence-electron chi connectivity index (χ4n) is 4.61. The van der Waals surface area contributed by atoms with E-state index >= 15 is 0 Å². The van der Waals surface area contributed by atoms with E-state index in [0.29, 0.717) is 29.8 Å². The highest BCUT2D eigenvalue weighted by Gasteiger charge is 2.18. The molecule has 3 aromatic rings. The lowest BCUT2D eigenvalue weighted by Gasteiger charge is -2.26. The number of carbonyl (C=O) groups is 1. The van der Waals surface area contributed by atoms with Crippen LogP contribution in [-0.4, -0.2) is 64.2 Å². The van der Waals surface area contributed by atoms with Gasteiger partial charge in [-0.05, 0) is 44.0 Å². The Balaban J connectivity index is 1.64. The maximum absolute atomic E-state index is 13.4. The molecular formula is C26H36N6O3. The fraction of sp³-hybridized carbons (Fsp3) is 0.538. The zero-order chi connectivity index (χ0) is 24.8. The summed E-state index contributed by atoms with van der Waals surface area (Å²) in [6.45, 7) is 9.35. The number of carbonyl (C=O) groups excluding carboxylic acids is 1. The number of pyridine rings is 2. The van der Waals surface area contributed by atoms with Gasteiger partial charge in [-0.3, -0.25) is 24.3 Å². The zero-order valence-electron chi connectivity index (χ0n) is 20.8. The molecule has 1 amide bonds. The first-order valence-corrected chi connectivity index (χ1v) is 12.7. The molecule has 0 saturated carbocycles. The predicted molar refractivity (Wildman–Crippen MR) is 136 cm³/mol. The molecule has 35 heavy (non-hydrogen) atoms. The van der Waals surface area contributed by atoms with Crippen LogP contribution in [0.5, 0.6) is 0 Å². The molecule has 0 aromatic carbocycles. The van der Waals surface area contributed by atoms with Crippen molar-refractivity contribution >= 4 is 22.6 Å². The van der Waals surface area contributed by atoms with Crippen LogP contribution < -0.4 is 16.4 Å². The average Bonchev–Trinajstić information content (AvgIpc) is 2.87. The Kier molecular flexibility index (Phi) is 8.30. The molecule has 0 atom stereocenters. The van der Waals surface area contributed by atoms with Crippen LogP contribution >= 0.6 is 0 Å². The van der Waals surface area contributed by atoms with Gasteiger partial charge in [0.1, 0.15) is 16.8 Å². The van der Waals surface area contributed by atoms with Gasteiger partial charge in [0.05, 0.1) is 24.2 Å². The number of unbranched alkanes of at least 4 members (excludes halogenated alkanes) is 3. The second-order valence-corrected chi connectivity index (χ2v) is 9.22. The first-order chi connectivity index (χ1) is 17.0. The van der Waals surface area contributed by atoms with E-state index < -0.39 is 0 Å². The molecule has 1 fully saturated rings. The number of amides is 1. The van der Waals surface area contributed by atoms with Crippen LogP contribution in [0, 0.1) is 12.3 Å². The molecule has 2 N–H and O–H groups in total. The molecule has 1 aliphatic heterocycles. The SMILES string of the molecule is CCCCCCn1c(=N)c(C(=O)NCCCN2CCOCC2)cc2c(=O)n3cccc(C)c3nc21. The molecule has 0 radical (unpaired) electrons. The molecule has 0 bridgehead atoms. The molecule has 1 aliphatic rings. The summed E-state index contributed by atoms with van der Waals surface area (Å²) in [5.41, 5.74) is 2.02. The Morgan fingerprint density at radius 2 is 1.94 bits per heavy atom. The summed E-state index contributed by atoms with van der Waals surface area (Å²) in [5.74, 6) is -0.324. The number of rotatable bonds is 10. The predicted octanol–water partition coefficient (Wildman–Crippen LogP) is 2.47. The monoisotopic (exact) mass is 480 g/mol. The van der Waals surface area contributed by atoms with Gasteiger partial charge in [0, 0.05) is 32.4 Å². The summed E-state index contributed by atoms with van der Waals surface area (Å²) in [6.07, 6.45) is 6.61. The summed E-state index contributed by atoms with van der Waals surface area (Å²) in [7, 11) is 0. The number of fused-ring (bicyclic) bond motifs is 2. The van der Waals surface area contributed by atoms with Crippen molar-refractivity contribution < 1.29 is 9.53 Å². The summed E-state index contributed by atoms with van der Waals surface area (Å²) >= 11 is 0. The average molecular weight is 481 g/mol. The Bertz CT molecular complexity index is 1310. The number of ether oxygens (including phenoxy) is 1. The molecule has 188 valence electrons. The van der Waals surface area contributed by atoms with E-state index in [1.165, 1.54) is 4.40 Å². The number of aryl methyl sites for hydroxylation is 2. The van der Waals surface area contributed by atoms with Crippen molar-refractivity contribution in [3.63, 3.8) is 0 Å². The first-order valence-electron chi connectivity index (χ1n) is 12.7. The molecule has 1 saturated heterocycles. The van der Waals surface area contributed by atoms with Gasteiger partial charge in [0.2, 0.25) is 0 Å². The molecule has 0 aliphatic carbocycles. The minimum atomic E-state index is -0.324. The van der Waals surface area contributed by atoms with E-state index in [4.69, 9.17) is 15.1 Å². The second-order valence-electron chi connectivity index (χ2n) is 9.22. The third-order valence-electron chi connectivity index (χ3n) is 6.65. The van der Waals surface area contributed by atoms with Crippen molar-refractivity contribution in [2.24, 2.45) is 0 Å².